The molecule has 0 aromatic heterocycles. The largest absolute Gasteiger partial charge is 0.466 e. The first-order chi connectivity index (χ1) is 7.07. The number of anilines is 1. The number of nitrogen functional groups attached to an aromatic ring is 1. The van der Waals surface area contributed by atoms with E-state index in [9.17, 15) is 4.79 Å². The Bertz CT molecular complexity index is 366. The van der Waals surface area contributed by atoms with Crippen molar-refractivity contribution in [2.75, 3.05) is 12.3 Å². The first kappa shape index (κ1) is 11.9. The minimum Gasteiger partial charge on any atom is -0.466 e. The van der Waals surface area contributed by atoms with Gasteiger partial charge in [0, 0.05) is 0 Å². The molecule has 0 aliphatic heterocycles. The topological polar surface area (TPSA) is 52.3 Å². The third-order valence-corrected chi connectivity index (χ3v) is 2.52. The van der Waals surface area contributed by atoms with Crippen LogP contribution < -0.4 is 5.73 Å². The molecular formula is C11H14ClNO2. The third kappa shape index (κ3) is 2.63. The number of hydrogen-bond acceptors (Lipinski definition) is 3. The van der Waals surface area contributed by atoms with Crippen LogP contribution in [0.25, 0.3) is 0 Å². The number of ether oxygens (including phenoxy) is 1. The molecule has 3 nitrogen and oxygen atoms in total. The number of hydrogen-bond donors (Lipinski definition) is 1. The molecule has 0 saturated carbocycles. The van der Waals surface area contributed by atoms with E-state index < -0.39 is 0 Å². The summed E-state index contributed by atoms with van der Waals surface area (Å²) in [6.07, 6.45) is 0. The molecule has 2 N–H and O–H groups in total. The first-order valence-electron chi connectivity index (χ1n) is 4.78. The molecule has 0 saturated heterocycles. The summed E-state index contributed by atoms with van der Waals surface area (Å²) in [5, 5.41) is 0.462. The van der Waals surface area contributed by atoms with E-state index in [1.54, 1.807) is 32.0 Å². The maximum absolute atomic E-state index is 11.5. The van der Waals surface area contributed by atoms with Gasteiger partial charge in [-0.15, -0.1) is 0 Å². The molecule has 0 fully saturated rings. The van der Waals surface area contributed by atoms with Gasteiger partial charge in [0.15, 0.2) is 0 Å². The molecule has 1 unspecified atom stereocenters. The number of carbonyl (C=O) groups excluding carboxylic acids is 1. The summed E-state index contributed by atoms with van der Waals surface area (Å²) in [4.78, 5) is 11.5. The van der Waals surface area contributed by atoms with Crippen LogP contribution in [0.1, 0.15) is 25.3 Å². The van der Waals surface area contributed by atoms with Crippen molar-refractivity contribution in [1.29, 1.82) is 0 Å². The molecule has 0 aliphatic rings. The van der Waals surface area contributed by atoms with E-state index in [1.165, 1.54) is 0 Å². The molecule has 4 heteroatoms. The molecule has 1 rings (SSSR count). The standard InChI is InChI=1S/C11H14ClNO2/c1-3-15-11(14)7(2)8-5-4-6-9(12)10(8)13/h4-7H,3,13H2,1-2H3. The van der Waals surface area contributed by atoms with Crippen LogP contribution in [0.5, 0.6) is 0 Å². The second-order valence-electron chi connectivity index (χ2n) is 3.22. The molecule has 1 aromatic carbocycles. The number of esters is 1. The van der Waals surface area contributed by atoms with Gasteiger partial charge in [0.1, 0.15) is 0 Å². The molecule has 15 heavy (non-hydrogen) atoms. The second kappa shape index (κ2) is 5.03. The highest BCUT2D eigenvalue weighted by Gasteiger charge is 2.19. The summed E-state index contributed by atoms with van der Waals surface area (Å²) < 4.78 is 4.92. The van der Waals surface area contributed by atoms with Crippen LogP contribution in [0, 0.1) is 0 Å². The highest BCUT2D eigenvalue weighted by atomic mass is 35.5. The number of para-hydroxylation sites is 1. The van der Waals surface area contributed by atoms with E-state index in [0.717, 1.165) is 0 Å². The normalized spacial score (nSPS) is 12.2. The summed E-state index contributed by atoms with van der Waals surface area (Å²) in [6.45, 7) is 3.88. The second-order valence-corrected chi connectivity index (χ2v) is 3.62. The maximum Gasteiger partial charge on any atom is 0.313 e. The van der Waals surface area contributed by atoms with Crippen LogP contribution in [0.4, 0.5) is 5.69 Å². The lowest BCUT2D eigenvalue weighted by atomic mass is 9.99. The fourth-order valence-corrected chi connectivity index (χ4v) is 1.51. The summed E-state index contributed by atoms with van der Waals surface area (Å²) in [5.74, 6) is -0.671. The van der Waals surface area contributed by atoms with E-state index in [1.807, 2.05) is 0 Å². The van der Waals surface area contributed by atoms with Crippen LogP contribution in [0.2, 0.25) is 5.02 Å². The zero-order chi connectivity index (χ0) is 11.4. The van der Waals surface area contributed by atoms with Crippen molar-refractivity contribution in [2.45, 2.75) is 19.8 Å². The minimum absolute atomic E-state index is 0.286. The Balaban J connectivity index is 2.96. The van der Waals surface area contributed by atoms with Gasteiger partial charge in [0.2, 0.25) is 0 Å². The van der Waals surface area contributed by atoms with Crippen molar-refractivity contribution in [2.24, 2.45) is 0 Å². The lowest BCUT2D eigenvalue weighted by molar-refractivity contribution is -0.144. The van der Waals surface area contributed by atoms with Crippen LogP contribution >= 0.6 is 11.6 Å². The van der Waals surface area contributed by atoms with E-state index in [4.69, 9.17) is 22.1 Å². The van der Waals surface area contributed by atoms with Gasteiger partial charge in [0.05, 0.1) is 23.2 Å². The molecule has 1 atom stereocenters. The molecule has 82 valence electrons. The average molecular weight is 228 g/mol. The molecule has 0 aliphatic carbocycles. The van der Waals surface area contributed by atoms with Gasteiger partial charge in [-0.25, -0.2) is 0 Å². The van der Waals surface area contributed by atoms with Gasteiger partial charge in [0.25, 0.3) is 0 Å². The summed E-state index contributed by atoms with van der Waals surface area (Å²) >= 11 is 5.86. The smallest absolute Gasteiger partial charge is 0.313 e. The Morgan fingerprint density at radius 1 is 1.60 bits per heavy atom. The molecule has 0 spiro atoms. The van der Waals surface area contributed by atoms with E-state index >= 15 is 0 Å². The Morgan fingerprint density at radius 2 is 2.27 bits per heavy atom. The summed E-state index contributed by atoms with van der Waals surface area (Å²) in [5.41, 5.74) is 6.93. The number of halogens is 1. The van der Waals surface area contributed by atoms with Crippen LogP contribution in [0.15, 0.2) is 18.2 Å². The predicted molar refractivity (Wildman–Crippen MR) is 60.9 cm³/mol. The monoisotopic (exact) mass is 227 g/mol. The van der Waals surface area contributed by atoms with Crippen molar-refractivity contribution in [3.05, 3.63) is 28.8 Å². The Kier molecular flexibility index (Phi) is 3.97. The van der Waals surface area contributed by atoms with Crippen LogP contribution in [-0.4, -0.2) is 12.6 Å². The predicted octanol–water partition coefficient (Wildman–Crippen LogP) is 2.59. The third-order valence-electron chi connectivity index (χ3n) is 2.19. The van der Waals surface area contributed by atoms with Gasteiger partial charge < -0.3 is 10.5 Å². The molecule has 0 heterocycles. The fourth-order valence-electron chi connectivity index (χ4n) is 1.33. The van der Waals surface area contributed by atoms with E-state index in [-0.39, 0.29) is 11.9 Å². The minimum atomic E-state index is -0.386. The van der Waals surface area contributed by atoms with Crippen LogP contribution in [0.3, 0.4) is 0 Å². The Hall–Kier alpha value is -1.22. The van der Waals surface area contributed by atoms with Gasteiger partial charge >= 0.3 is 5.97 Å². The van der Waals surface area contributed by atoms with Crippen molar-refractivity contribution in [1.82, 2.24) is 0 Å². The SMILES string of the molecule is CCOC(=O)C(C)c1cccc(Cl)c1N. The Morgan fingerprint density at radius 3 is 2.87 bits per heavy atom. The van der Waals surface area contributed by atoms with Gasteiger partial charge in [-0.1, -0.05) is 23.7 Å². The zero-order valence-corrected chi connectivity index (χ0v) is 9.54. The molecule has 0 amide bonds. The average Bonchev–Trinajstić information content (AvgIpc) is 2.21. The first-order valence-corrected chi connectivity index (χ1v) is 5.16. The lowest BCUT2D eigenvalue weighted by Gasteiger charge is -2.13. The number of benzene rings is 1. The van der Waals surface area contributed by atoms with Crippen molar-refractivity contribution in [3.63, 3.8) is 0 Å². The lowest BCUT2D eigenvalue weighted by Crippen LogP contribution is -2.14. The maximum atomic E-state index is 11.5. The number of carbonyl (C=O) groups is 1. The van der Waals surface area contributed by atoms with Gasteiger partial charge in [-0.2, -0.15) is 0 Å². The van der Waals surface area contributed by atoms with Crippen molar-refractivity contribution < 1.29 is 9.53 Å². The fraction of sp³-hybridized carbons (Fsp3) is 0.364. The highest BCUT2D eigenvalue weighted by molar-refractivity contribution is 6.33. The summed E-state index contributed by atoms with van der Waals surface area (Å²) in [6, 6.07) is 5.24. The zero-order valence-electron chi connectivity index (χ0n) is 8.79. The molecule has 0 bridgehead atoms. The molecular weight excluding hydrogens is 214 g/mol. The molecule has 1 aromatic rings. The number of nitrogens with two attached hydrogens (primary N) is 1. The van der Waals surface area contributed by atoms with Crippen LogP contribution in [-0.2, 0) is 9.53 Å². The highest BCUT2D eigenvalue weighted by Crippen LogP contribution is 2.29. The van der Waals surface area contributed by atoms with E-state index in [2.05, 4.69) is 0 Å². The van der Waals surface area contributed by atoms with Crippen molar-refractivity contribution in [3.8, 4) is 0 Å². The van der Waals surface area contributed by atoms with Gasteiger partial charge in [-0.05, 0) is 25.5 Å². The summed E-state index contributed by atoms with van der Waals surface area (Å²) in [7, 11) is 0. The van der Waals surface area contributed by atoms with Gasteiger partial charge in [-0.3, -0.25) is 4.79 Å². The van der Waals surface area contributed by atoms with Crippen molar-refractivity contribution >= 4 is 23.3 Å². The number of rotatable bonds is 3. The molecule has 0 radical (unpaired) electrons. The Labute approximate surface area is 94.2 Å². The quantitative estimate of drug-likeness (QED) is 0.638. The van der Waals surface area contributed by atoms with E-state index in [0.29, 0.717) is 22.9 Å².